The standard InChI is InChI=1S/C8H17NO3/c1-6(2)5-12-8(11)7(10)3-4-9/h6-7,10H,3-5,9H2,1-2H3/t7-/m0/s1. The molecule has 12 heavy (non-hydrogen) atoms. The highest BCUT2D eigenvalue weighted by atomic mass is 16.5. The normalized spacial score (nSPS) is 13.1. The lowest BCUT2D eigenvalue weighted by molar-refractivity contribution is -0.154. The second kappa shape index (κ2) is 5.97. The smallest absolute Gasteiger partial charge is 0.335 e. The third-order valence-electron chi connectivity index (χ3n) is 1.27. The average Bonchev–Trinajstić information content (AvgIpc) is 2.00. The van der Waals surface area contributed by atoms with Crippen LogP contribution in [0.4, 0.5) is 0 Å². The number of ether oxygens (including phenoxy) is 1. The molecule has 72 valence electrons. The average molecular weight is 175 g/mol. The first-order chi connectivity index (χ1) is 5.57. The molecule has 0 aromatic carbocycles. The summed E-state index contributed by atoms with van der Waals surface area (Å²) >= 11 is 0. The van der Waals surface area contributed by atoms with E-state index in [-0.39, 0.29) is 13.0 Å². The second-order valence-corrected chi connectivity index (χ2v) is 3.12. The summed E-state index contributed by atoms with van der Waals surface area (Å²) < 4.78 is 4.77. The zero-order valence-corrected chi connectivity index (χ0v) is 7.62. The van der Waals surface area contributed by atoms with Crippen LogP contribution < -0.4 is 5.73 Å². The molecule has 0 saturated heterocycles. The number of carbonyl (C=O) groups excluding carboxylic acids is 1. The van der Waals surface area contributed by atoms with Crippen molar-refractivity contribution in [3.63, 3.8) is 0 Å². The van der Waals surface area contributed by atoms with E-state index >= 15 is 0 Å². The fourth-order valence-electron chi connectivity index (χ4n) is 0.621. The SMILES string of the molecule is CC(C)COC(=O)[C@@H](O)CCN. The van der Waals surface area contributed by atoms with Crippen molar-refractivity contribution in [2.24, 2.45) is 11.7 Å². The van der Waals surface area contributed by atoms with Crippen LogP contribution in [0.5, 0.6) is 0 Å². The van der Waals surface area contributed by atoms with Crippen molar-refractivity contribution < 1.29 is 14.6 Å². The molecule has 0 aliphatic rings. The number of rotatable bonds is 5. The Morgan fingerprint density at radius 3 is 2.58 bits per heavy atom. The molecule has 0 heterocycles. The van der Waals surface area contributed by atoms with Gasteiger partial charge in [-0.15, -0.1) is 0 Å². The van der Waals surface area contributed by atoms with Gasteiger partial charge in [-0.1, -0.05) is 13.8 Å². The van der Waals surface area contributed by atoms with Crippen LogP contribution in [0.1, 0.15) is 20.3 Å². The van der Waals surface area contributed by atoms with Gasteiger partial charge in [0.1, 0.15) is 0 Å². The van der Waals surface area contributed by atoms with Crippen molar-refractivity contribution in [3.8, 4) is 0 Å². The maximum atomic E-state index is 10.9. The number of nitrogens with two attached hydrogens (primary N) is 1. The van der Waals surface area contributed by atoms with Crippen molar-refractivity contribution in [1.82, 2.24) is 0 Å². The van der Waals surface area contributed by atoms with Gasteiger partial charge in [-0.25, -0.2) is 4.79 Å². The monoisotopic (exact) mass is 175 g/mol. The van der Waals surface area contributed by atoms with Crippen molar-refractivity contribution in [2.45, 2.75) is 26.4 Å². The lowest BCUT2D eigenvalue weighted by Gasteiger charge is -2.10. The van der Waals surface area contributed by atoms with Crippen LogP contribution in [0.2, 0.25) is 0 Å². The number of aliphatic hydroxyl groups is 1. The predicted molar refractivity (Wildman–Crippen MR) is 45.5 cm³/mol. The molecule has 1 atom stereocenters. The topological polar surface area (TPSA) is 72.5 Å². The summed E-state index contributed by atoms with van der Waals surface area (Å²) in [6, 6.07) is 0. The Morgan fingerprint density at radius 2 is 2.17 bits per heavy atom. The summed E-state index contributed by atoms with van der Waals surface area (Å²) in [5, 5.41) is 9.08. The van der Waals surface area contributed by atoms with Crippen LogP contribution >= 0.6 is 0 Å². The fraction of sp³-hybridized carbons (Fsp3) is 0.875. The number of esters is 1. The van der Waals surface area contributed by atoms with Crippen LogP contribution in [0.25, 0.3) is 0 Å². The lowest BCUT2D eigenvalue weighted by atomic mass is 10.2. The molecule has 0 aliphatic heterocycles. The summed E-state index contributed by atoms with van der Waals surface area (Å²) in [6.45, 7) is 4.50. The summed E-state index contributed by atoms with van der Waals surface area (Å²) in [4.78, 5) is 10.9. The van der Waals surface area contributed by atoms with E-state index in [4.69, 9.17) is 15.6 Å². The van der Waals surface area contributed by atoms with Crippen LogP contribution in [-0.2, 0) is 9.53 Å². The van der Waals surface area contributed by atoms with Crippen LogP contribution in [0, 0.1) is 5.92 Å². The van der Waals surface area contributed by atoms with Gasteiger partial charge in [0.05, 0.1) is 6.61 Å². The first-order valence-corrected chi connectivity index (χ1v) is 4.12. The summed E-state index contributed by atoms with van der Waals surface area (Å²) in [7, 11) is 0. The van der Waals surface area contributed by atoms with Gasteiger partial charge in [-0.3, -0.25) is 0 Å². The molecule has 0 fully saturated rings. The molecule has 4 heteroatoms. The Morgan fingerprint density at radius 1 is 1.58 bits per heavy atom. The molecule has 0 unspecified atom stereocenters. The number of hydrogen-bond donors (Lipinski definition) is 2. The number of hydrogen-bond acceptors (Lipinski definition) is 4. The van der Waals surface area contributed by atoms with Crippen molar-refractivity contribution >= 4 is 5.97 Å². The highest BCUT2D eigenvalue weighted by Crippen LogP contribution is 1.97. The maximum absolute atomic E-state index is 10.9. The van der Waals surface area contributed by atoms with E-state index in [9.17, 15) is 4.79 Å². The third kappa shape index (κ3) is 5.09. The van der Waals surface area contributed by atoms with Gasteiger partial charge in [-0.05, 0) is 18.9 Å². The predicted octanol–water partition coefficient (Wildman–Crippen LogP) is -0.105. The summed E-state index contributed by atoms with van der Waals surface area (Å²) in [6.07, 6.45) is -0.801. The van der Waals surface area contributed by atoms with E-state index in [2.05, 4.69) is 0 Å². The molecule has 3 N–H and O–H groups in total. The zero-order valence-electron chi connectivity index (χ0n) is 7.62. The Balaban J connectivity index is 3.57. The van der Waals surface area contributed by atoms with Crippen molar-refractivity contribution in [3.05, 3.63) is 0 Å². The second-order valence-electron chi connectivity index (χ2n) is 3.12. The lowest BCUT2D eigenvalue weighted by Crippen LogP contribution is -2.26. The van der Waals surface area contributed by atoms with Crippen molar-refractivity contribution in [2.75, 3.05) is 13.2 Å². The Kier molecular flexibility index (Phi) is 5.66. The zero-order chi connectivity index (χ0) is 9.56. The minimum atomic E-state index is -1.06. The van der Waals surface area contributed by atoms with E-state index in [0.717, 1.165) is 0 Å². The molecule has 0 aliphatic carbocycles. The van der Waals surface area contributed by atoms with Crippen molar-refractivity contribution in [1.29, 1.82) is 0 Å². The van der Waals surface area contributed by atoms with Gasteiger partial charge in [-0.2, -0.15) is 0 Å². The fourth-order valence-corrected chi connectivity index (χ4v) is 0.621. The van der Waals surface area contributed by atoms with Crippen LogP contribution in [0.15, 0.2) is 0 Å². The van der Waals surface area contributed by atoms with E-state index in [0.29, 0.717) is 12.5 Å². The van der Waals surface area contributed by atoms with E-state index in [1.54, 1.807) is 0 Å². The first kappa shape index (κ1) is 11.4. The third-order valence-corrected chi connectivity index (χ3v) is 1.27. The van der Waals surface area contributed by atoms with Gasteiger partial charge in [0.2, 0.25) is 0 Å². The number of carbonyl (C=O) groups is 1. The molecule has 0 rings (SSSR count). The molecule has 4 nitrogen and oxygen atoms in total. The van der Waals surface area contributed by atoms with E-state index in [1.165, 1.54) is 0 Å². The van der Waals surface area contributed by atoms with Gasteiger partial charge in [0.25, 0.3) is 0 Å². The molecule has 0 radical (unpaired) electrons. The minimum absolute atomic E-state index is 0.261. The largest absolute Gasteiger partial charge is 0.464 e. The molecule has 0 bridgehead atoms. The summed E-state index contributed by atoms with van der Waals surface area (Å²) in [5.74, 6) is -0.284. The number of aliphatic hydroxyl groups excluding tert-OH is 1. The van der Waals surface area contributed by atoms with Crippen LogP contribution in [-0.4, -0.2) is 30.3 Å². The Hall–Kier alpha value is -0.610. The minimum Gasteiger partial charge on any atom is -0.464 e. The molecule has 0 saturated carbocycles. The molecule has 0 spiro atoms. The van der Waals surface area contributed by atoms with Gasteiger partial charge >= 0.3 is 5.97 Å². The Labute approximate surface area is 72.7 Å². The van der Waals surface area contributed by atoms with Crippen LogP contribution in [0.3, 0.4) is 0 Å². The molecular formula is C8H17NO3. The van der Waals surface area contributed by atoms with Gasteiger partial charge in [0.15, 0.2) is 6.10 Å². The van der Waals surface area contributed by atoms with Gasteiger partial charge in [0, 0.05) is 0 Å². The maximum Gasteiger partial charge on any atom is 0.335 e. The summed E-state index contributed by atoms with van der Waals surface area (Å²) in [5.41, 5.74) is 5.16. The molecular weight excluding hydrogens is 158 g/mol. The van der Waals surface area contributed by atoms with E-state index in [1.807, 2.05) is 13.8 Å². The van der Waals surface area contributed by atoms with E-state index < -0.39 is 12.1 Å². The Bertz CT molecular complexity index is 136. The first-order valence-electron chi connectivity index (χ1n) is 4.12. The molecule has 0 aromatic rings. The molecule has 0 aromatic heterocycles. The molecule has 0 amide bonds. The quantitative estimate of drug-likeness (QED) is 0.572. The highest BCUT2D eigenvalue weighted by Gasteiger charge is 2.15. The highest BCUT2D eigenvalue weighted by molar-refractivity contribution is 5.74. The van der Waals surface area contributed by atoms with Gasteiger partial charge < -0.3 is 15.6 Å².